The van der Waals surface area contributed by atoms with Crippen LogP contribution in [0.25, 0.3) is 0 Å². The van der Waals surface area contributed by atoms with Gasteiger partial charge in [0.05, 0.1) is 17.8 Å². The normalized spacial score (nSPS) is 30.3. The molecule has 0 aromatic rings. The third-order valence-corrected chi connectivity index (χ3v) is 5.03. The Morgan fingerprint density at radius 2 is 1.67 bits per heavy atom. The van der Waals surface area contributed by atoms with E-state index in [0.29, 0.717) is 12.2 Å². The Bertz CT molecular complexity index is 305. The predicted octanol–water partition coefficient (Wildman–Crippen LogP) is 4.05. The van der Waals surface area contributed by atoms with Crippen LogP contribution in [0.4, 0.5) is 0 Å². The van der Waals surface area contributed by atoms with E-state index < -0.39 is 0 Å². The second kappa shape index (κ2) is 7.43. The van der Waals surface area contributed by atoms with Crippen molar-refractivity contribution >= 4 is 0 Å². The first-order valence-electron chi connectivity index (χ1n) is 8.88. The Balaban J connectivity index is 1.95. The molecule has 2 fully saturated rings. The zero-order valence-electron chi connectivity index (χ0n) is 14.5. The summed E-state index contributed by atoms with van der Waals surface area (Å²) in [4.78, 5) is 0. The maximum absolute atomic E-state index is 6.70. The Morgan fingerprint density at radius 3 is 2.29 bits per heavy atom. The van der Waals surface area contributed by atoms with Crippen molar-refractivity contribution in [2.24, 2.45) is 0 Å². The lowest BCUT2D eigenvalue weighted by Crippen LogP contribution is -2.52. The van der Waals surface area contributed by atoms with Crippen molar-refractivity contribution in [3.8, 4) is 0 Å². The van der Waals surface area contributed by atoms with Gasteiger partial charge < -0.3 is 14.8 Å². The van der Waals surface area contributed by atoms with E-state index in [1.54, 1.807) is 0 Å². The van der Waals surface area contributed by atoms with Crippen molar-refractivity contribution in [3.63, 3.8) is 0 Å². The highest BCUT2D eigenvalue weighted by atomic mass is 16.5. The highest BCUT2D eigenvalue weighted by molar-refractivity contribution is 4.91. The standard InChI is InChI=1S/C18H35NO2/c1-17(2,3)19-14-18(11-6-5-7-12-18)21-16-10-8-9-15(13-16)20-4/h15-16,19H,5-14H2,1-4H3. The zero-order chi connectivity index (χ0) is 15.3. The van der Waals surface area contributed by atoms with E-state index in [-0.39, 0.29) is 11.1 Å². The molecule has 3 heteroatoms. The molecular formula is C18H35NO2. The van der Waals surface area contributed by atoms with E-state index in [1.165, 1.54) is 51.4 Å². The van der Waals surface area contributed by atoms with Crippen LogP contribution in [-0.4, -0.2) is 37.0 Å². The molecule has 0 heterocycles. The van der Waals surface area contributed by atoms with Crippen molar-refractivity contribution < 1.29 is 9.47 Å². The molecule has 2 saturated carbocycles. The third-order valence-electron chi connectivity index (χ3n) is 5.03. The number of methoxy groups -OCH3 is 1. The van der Waals surface area contributed by atoms with Crippen LogP contribution in [-0.2, 0) is 9.47 Å². The fourth-order valence-corrected chi connectivity index (χ4v) is 3.74. The minimum atomic E-state index is 0.0613. The van der Waals surface area contributed by atoms with Crippen LogP contribution in [0.5, 0.6) is 0 Å². The molecule has 0 aliphatic heterocycles. The quantitative estimate of drug-likeness (QED) is 0.830. The highest BCUT2D eigenvalue weighted by Crippen LogP contribution is 2.36. The fraction of sp³-hybridized carbons (Fsp3) is 1.00. The van der Waals surface area contributed by atoms with E-state index in [4.69, 9.17) is 9.47 Å². The zero-order valence-corrected chi connectivity index (χ0v) is 14.5. The average Bonchev–Trinajstić information content (AvgIpc) is 2.46. The number of nitrogens with one attached hydrogen (secondary N) is 1. The van der Waals surface area contributed by atoms with Gasteiger partial charge in [0, 0.05) is 19.2 Å². The molecule has 0 bridgehead atoms. The Hall–Kier alpha value is -0.120. The molecule has 2 rings (SSSR count). The fourth-order valence-electron chi connectivity index (χ4n) is 3.74. The van der Waals surface area contributed by atoms with Gasteiger partial charge in [-0.2, -0.15) is 0 Å². The van der Waals surface area contributed by atoms with Crippen molar-refractivity contribution in [1.29, 1.82) is 0 Å². The lowest BCUT2D eigenvalue weighted by Gasteiger charge is -2.43. The van der Waals surface area contributed by atoms with Gasteiger partial charge in [0.15, 0.2) is 0 Å². The highest BCUT2D eigenvalue weighted by Gasteiger charge is 2.37. The lowest BCUT2D eigenvalue weighted by atomic mass is 9.83. The monoisotopic (exact) mass is 297 g/mol. The molecule has 2 aliphatic carbocycles. The van der Waals surface area contributed by atoms with Gasteiger partial charge in [-0.1, -0.05) is 19.3 Å². The summed E-state index contributed by atoms with van der Waals surface area (Å²) in [6, 6.07) is 0. The number of hydrogen-bond donors (Lipinski definition) is 1. The summed E-state index contributed by atoms with van der Waals surface area (Å²) in [6.45, 7) is 7.71. The van der Waals surface area contributed by atoms with Gasteiger partial charge in [-0.3, -0.25) is 0 Å². The summed E-state index contributed by atoms with van der Waals surface area (Å²) in [5, 5.41) is 3.69. The smallest absolute Gasteiger partial charge is 0.0810 e. The summed E-state index contributed by atoms with van der Waals surface area (Å²) < 4.78 is 12.3. The van der Waals surface area contributed by atoms with Crippen molar-refractivity contribution in [2.45, 2.75) is 102 Å². The minimum Gasteiger partial charge on any atom is -0.381 e. The molecule has 2 atom stereocenters. The van der Waals surface area contributed by atoms with Crippen LogP contribution >= 0.6 is 0 Å². The largest absolute Gasteiger partial charge is 0.381 e. The van der Waals surface area contributed by atoms with Gasteiger partial charge in [-0.05, 0) is 59.3 Å². The molecule has 0 aromatic heterocycles. The van der Waals surface area contributed by atoms with Crippen LogP contribution in [0.1, 0.15) is 78.6 Å². The van der Waals surface area contributed by atoms with Gasteiger partial charge in [0.1, 0.15) is 0 Å². The van der Waals surface area contributed by atoms with Gasteiger partial charge in [-0.25, -0.2) is 0 Å². The summed E-state index contributed by atoms with van der Waals surface area (Å²) in [5.41, 5.74) is 0.223. The second-order valence-corrected chi connectivity index (χ2v) is 8.11. The van der Waals surface area contributed by atoms with Crippen LogP contribution < -0.4 is 5.32 Å². The van der Waals surface area contributed by atoms with E-state index in [1.807, 2.05) is 7.11 Å². The molecule has 0 spiro atoms. The number of hydrogen-bond acceptors (Lipinski definition) is 3. The SMILES string of the molecule is COC1CCCC(OC2(CNC(C)(C)C)CCCCC2)C1. The summed E-state index contributed by atoms with van der Waals surface area (Å²) >= 11 is 0. The molecule has 0 amide bonds. The molecule has 1 N–H and O–H groups in total. The summed E-state index contributed by atoms with van der Waals surface area (Å²) in [7, 11) is 1.84. The number of rotatable bonds is 5. The van der Waals surface area contributed by atoms with E-state index in [0.717, 1.165) is 13.0 Å². The van der Waals surface area contributed by atoms with Gasteiger partial charge in [-0.15, -0.1) is 0 Å². The first kappa shape index (κ1) is 17.2. The van der Waals surface area contributed by atoms with E-state index >= 15 is 0 Å². The molecule has 0 saturated heterocycles. The maximum Gasteiger partial charge on any atom is 0.0810 e. The Kier molecular flexibility index (Phi) is 6.10. The van der Waals surface area contributed by atoms with Crippen LogP contribution in [0.15, 0.2) is 0 Å². The van der Waals surface area contributed by atoms with Crippen LogP contribution in [0.3, 0.4) is 0 Å². The molecular weight excluding hydrogens is 262 g/mol. The summed E-state index contributed by atoms with van der Waals surface area (Å²) in [6.07, 6.45) is 11.9. The molecule has 21 heavy (non-hydrogen) atoms. The number of ether oxygens (including phenoxy) is 2. The minimum absolute atomic E-state index is 0.0613. The topological polar surface area (TPSA) is 30.5 Å². The third kappa shape index (κ3) is 5.54. The van der Waals surface area contributed by atoms with Crippen LogP contribution in [0, 0.1) is 0 Å². The van der Waals surface area contributed by atoms with E-state index in [9.17, 15) is 0 Å². The Morgan fingerprint density at radius 1 is 1.00 bits per heavy atom. The van der Waals surface area contributed by atoms with E-state index in [2.05, 4.69) is 26.1 Å². The van der Waals surface area contributed by atoms with Gasteiger partial charge in [0.2, 0.25) is 0 Å². The second-order valence-electron chi connectivity index (χ2n) is 8.11. The van der Waals surface area contributed by atoms with Crippen molar-refractivity contribution in [2.75, 3.05) is 13.7 Å². The summed E-state index contributed by atoms with van der Waals surface area (Å²) in [5.74, 6) is 0. The molecule has 2 unspecified atom stereocenters. The van der Waals surface area contributed by atoms with Crippen molar-refractivity contribution in [3.05, 3.63) is 0 Å². The molecule has 0 radical (unpaired) electrons. The average molecular weight is 297 g/mol. The first-order valence-corrected chi connectivity index (χ1v) is 8.88. The van der Waals surface area contributed by atoms with Gasteiger partial charge >= 0.3 is 0 Å². The van der Waals surface area contributed by atoms with Crippen LogP contribution in [0.2, 0.25) is 0 Å². The maximum atomic E-state index is 6.70. The molecule has 3 nitrogen and oxygen atoms in total. The van der Waals surface area contributed by atoms with Gasteiger partial charge in [0.25, 0.3) is 0 Å². The lowest BCUT2D eigenvalue weighted by molar-refractivity contribution is -0.138. The molecule has 2 aliphatic rings. The van der Waals surface area contributed by atoms with Crippen molar-refractivity contribution in [1.82, 2.24) is 5.32 Å². The first-order chi connectivity index (χ1) is 9.92. The molecule has 0 aromatic carbocycles. The molecule has 124 valence electrons. The predicted molar refractivity (Wildman–Crippen MR) is 87.7 cm³/mol. The Labute approximate surface area is 131 Å².